The van der Waals surface area contributed by atoms with E-state index < -0.39 is 0 Å². The average Bonchev–Trinajstić information content (AvgIpc) is 3.38. The molecule has 0 aliphatic heterocycles. The van der Waals surface area contributed by atoms with E-state index in [0.29, 0.717) is 24.4 Å². The van der Waals surface area contributed by atoms with Crippen molar-refractivity contribution in [3.05, 3.63) is 89.6 Å². The summed E-state index contributed by atoms with van der Waals surface area (Å²) in [5.41, 5.74) is 1.91. The Bertz CT molecular complexity index is 1070. The summed E-state index contributed by atoms with van der Waals surface area (Å²) in [5.74, 6) is 0.919. The van der Waals surface area contributed by atoms with Crippen LogP contribution < -0.4 is 5.32 Å². The molecular formula is C22H22ClN5O. The molecular weight excluding hydrogens is 386 g/mol. The number of halogens is 1. The minimum absolute atomic E-state index is 0.0194. The second-order valence-corrected chi connectivity index (χ2v) is 7.41. The molecule has 1 aromatic carbocycles. The number of aromatic nitrogens is 4. The maximum atomic E-state index is 12.6. The number of amides is 1. The first kappa shape index (κ1) is 19.2. The molecule has 0 radical (unpaired) electrons. The van der Waals surface area contributed by atoms with Crippen LogP contribution >= 0.6 is 11.6 Å². The van der Waals surface area contributed by atoms with Crippen LogP contribution in [0.4, 0.5) is 0 Å². The van der Waals surface area contributed by atoms with Crippen molar-refractivity contribution in [3.8, 4) is 0 Å². The van der Waals surface area contributed by atoms with E-state index in [1.54, 1.807) is 0 Å². The largest absolute Gasteiger partial charge is 0.356 e. The minimum atomic E-state index is 0.0194. The number of hydrogen-bond donors (Lipinski definition) is 1. The van der Waals surface area contributed by atoms with Crippen LogP contribution in [-0.4, -0.2) is 31.6 Å². The van der Waals surface area contributed by atoms with Gasteiger partial charge in [-0.1, -0.05) is 29.8 Å². The fourth-order valence-electron chi connectivity index (χ4n) is 3.44. The van der Waals surface area contributed by atoms with Crippen molar-refractivity contribution in [2.24, 2.45) is 0 Å². The molecule has 0 aliphatic rings. The molecule has 0 spiro atoms. The first-order valence-corrected chi connectivity index (χ1v) is 9.98. The van der Waals surface area contributed by atoms with E-state index in [4.69, 9.17) is 11.6 Å². The average molecular weight is 408 g/mol. The molecule has 3 heterocycles. The van der Waals surface area contributed by atoms with Gasteiger partial charge in [0.1, 0.15) is 5.82 Å². The predicted octanol–water partition coefficient (Wildman–Crippen LogP) is 3.72. The number of rotatable bonds is 8. The van der Waals surface area contributed by atoms with Crippen LogP contribution in [0.1, 0.15) is 23.7 Å². The lowest BCUT2D eigenvalue weighted by Gasteiger charge is -2.18. The number of hydrogen-bond acceptors (Lipinski definition) is 3. The van der Waals surface area contributed by atoms with Crippen molar-refractivity contribution in [2.75, 3.05) is 6.54 Å². The zero-order chi connectivity index (χ0) is 20.1. The number of nitrogens with zero attached hydrogens (tertiary/aromatic N) is 4. The van der Waals surface area contributed by atoms with Gasteiger partial charge in [-0.25, -0.2) is 0 Å². The highest BCUT2D eigenvalue weighted by atomic mass is 35.5. The molecule has 0 saturated heterocycles. The molecule has 1 amide bonds. The number of fused-ring (bicyclic) bond motifs is 1. The molecule has 0 bridgehead atoms. The zero-order valence-corrected chi connectivity index (χ0v) is 16.7. The number of carbonyl (C=O) groups excluding carboxylic acids is 1. The van der Waals surface area contributed by atoms with Crippen LogP contribution in [0.5, 0.6) is 0 Å². The lowest BCUT2D eigenvalue weighted by molar-refractivity contribution is -0.121. The van der Waals surface area contributed by atoms with Gasteiger partial charge in [-0.2, -0.15) is 0 Å². The molecule has 3 aromatic heterocycles. The van der Waals surface area contributed by atoms with E-state index in [2.05, 4.69) is 20.1 Å². The Morgan fingerprint density at radius 2 is 1.76 bits per heavy atom. The Hall–Kier alpha value is -3.12. The van der Waals surface area contributed by atoms with Crippen molar-refractivity contribution in [2.45, 2.75) is 25.3 Å². The third-order valence-electron chi connectivity index (χ3n) is 4.93. The van der Waals surface area contributed by atoms with E-state index in [9.17, 15) is 4.79 Å². The Kier molecular flexibility index (Phi) is 5.91. The molecule has 0 unspecified atom stereocenters. The lowest BCUT2D eigenvalue weighted by Crippen LogP contribution is -2.28. The van der Waals surface area contributed by atoms with Crippen molar-refractivity contribution in [1.29, 1.82) is 0 Å². The first-order chi connectivity index (χ1) is 14.2. The molecule has 0 aliphatic carbocycles. The molecule has 7 heteroatoms. The standard InChI is InChI=1S/C22H22ClN5O/c23-19-8-6-17(7-9-19)18(16-27-12-3-4-13-27)15-22(29)24-11-10-21-26-25-20-5-1-2-14-28(20)21/h1-9,12-14,18H,10-11,15-16H2,(H,24,29)/t18-/m1/s1. The van der Waals surface area contributed by atoms with Gasteiger partial charge in [-0.15, -0.1) is 10.2 Å². The predicted molar refractivity (Wildman–Crippen MR) is 113 cm³/mol. The van der Waals surface area contributed by atoms with E-state index in [0.717, 1.165) is 23.6 Å². The molecule has 148 valence electrons. The summed E-state index contributed by atoms with van der Waals surface area (Å²) in [7, 11) is 0. The molecule has 0 saturated carbocycles. The fraction of sp³-hybridized carbons (Fsp3) is 0.227. The SMILES string of the molecule is O=C(C[C@H](Cn1cccc1)c1ccc(Cl)cc1)NCCc1nnc2ccccn12. The monoisotopic (exact) mass is 407 g/mol. The van der Waals surface area contributed by atoms with Gasteiger partial charge in [0.05, 0.1) is 0 Å². The van der Waals surface area contributed by atoms with Crippen molar-refractivity contribution < 1.29 is 4.79 Å². The summed E-state index contributed by atoms with van der Waals surface area (Å²) >= 11 is 6.03. The van der Waals surface area contributed by atoms with Gasteiger partial charge in [0.15, 0.2) is 5.65 Å². The maximum Gasteiger partial charge on any atom is 0.220 e. The van der Waals surface area contributed by atoms with Crippen LogP contribution in [0.3, 0.4) is 0 Å². The van der Waals surface area contributed by atoms with Crippen molar-refractivity contribution in [1.82, 2.24) is 24.5 Å². The Balaban J connectivity index is 1.37. The van der Waals surface area contributed by atoms with Crippen molar-refractivity contribution in [3.63, 3.8) is 0 Å². The number of nitrogens with one attached hydrogen (secondary N) is 1. The molecule has 29 heavy (non-hydrogen) atoms. The lowest BCUT2D eigenvalue weighted by atomic mass is 9.95. The minimum Gasteiger partial charge on any atom is -0.356 e. The van der Waals surface area contributed by atoms with Crippen LogP contribution in [0.2, 0.25) is 5.02 Å². The second kappa shape index (κ2) is 8.92. The Morgan fingerprint density at radius 3 is 2.55 bits per heavy atom. The summed E-state index contributed by atoms with van der Waals surface area (Å²) in [6.07, 6.45) is 6.98. The molecule has 0 fully saturated rings. The fourth-order valence-corrected chi connectivity index (χ4v) is 3.57. The van der Waals surface area contributed by atoms with Gasteiger partial charge >= 0.3 is 0 Å². The second-order valence-electron chi connectivity index (χ2n) is 6.98. The van der Waals surface area contributed by atoms with E-state index in [1.165, 1.54) is 0 Å². The van der Waals surface area contributed by atoms with Crippen LogP contribution in [0.15, 0.2) is 73.2 Å². The highest BCUT2D eigenvalue weighted by Gasteiger charge is 2.17. The Labute approximate surface area is 174 Å². The summed E-state index contributed by atoms with van der Waals surface area (Å²) in [4.78, 5) is 12.6. The van der Waals surface area contributed by atoms with Gasteiger partial charge in [-0.05, 0) is 42.0 Å². The van der Waals surface area contributed by atoms with Crippen molar-refractivity contribution >= 4 is 23.2 Å². The highest BCUT2D eigenvalue weighted by Crippen LogP contribution is 2.24. The quantitative estimate of drug-likeness (QED) is 0.484. The van der Waals surface area contributed by atoms with E-state index in [-0.39, 0.29) is 11.8 Å². The number of carbonyl (C=O) groups is 1. The van der Waals surface area contributed by atoms with E-state index >= 15 is 0 Å². The molecule has 4 rings (SSSR count). The molecule has 4 aromatic rings. The van der Waals surface area contributed by atoms with Gasteiger partial charge in [0.2, 0.25) is 5.91 Å². The third-order valence-corrected chi connectivity index (χ3v) is 5.18. The molecule has 1 atom stereocenters. The van der Waals surface area contributed by atoms with Gasteiger partial charge in [-0.3, -0.25) is 9.20 Å². The maximum absolute atomic E-state index is 12.6. The van der Waals surface area contributed by atoms with Crippen LogP contribution in [0, 0.1) is 0 Å². The highest BCUT2D eigenvalue weighted by molar-refractivity contribution is 6.30. The zero-order valence-electron chi connectivity index (χ0n) is 15.9. The van der Waals surface area contributed by atoms with Gasteiger partial charge in [0, 0.05) is 55.5 Å². The summed E-state index contributed by atoms with van der Waals surface area (Å²) in [6.45, 7) is 1.25. The first-order valence-electron chi connectivity index (χ1n) is 9.60. The number of pyridine rings is 1. The number of benzene rings is 1. The van der Waals surface area contributed by atoms with Crippen LogP contribution in [-0.2, 0) is 17.8 Å². The Morgan fingerprint density at radius 1 is 1.00 bits per heavy atom. The summed E-state index contributed by atoms with van der Waals surface area (Å²) < 4.78 is 4.03. The normalized spacial score (nSPS) is 12.2. The summed E-state index contributed by atoms with van der Waals surface area (Å²) in [5, 5.41) is 12.1. The van der Waals surface area contributed by atoms with Gasteiger partial charge < -0.3 is 9.88 Å². The van der Waals surface area contributed by atoms with E-state index in [1.807, 2.05) is 77.6 Å². The smallest absolute Gasteiger partial charge is 0.220 e. The van der Waals surface area contributed by atoms with Gasteiger partial charge in [0.25, 0.3) is 0 Å². The molecule has 6 nitrogen and oxygen atoms in total. The topological polar surface area (TPSA) is 64.2 Å². The molecule has 1 N–H and O–H groups in total. The van der Waals surface area contributed by atoms with Crippen LogP contribution in [0.25, 0.3) is 5.65 Å². The summed E-state index contributed by atoms with van der Waals surface area (Å²) in [6, 6.07) is 17.5. The third kappa shape index (κ3) is 4.84.